The van der Waals surface area contributed by atoms with Crippen molar-refractivity contribution in [2.24, 2.45) is 0 Å². The van der Waals surface area contributed by atoms with Gasteiger partial charge in [-0.25, -0.2) is 4.79 Å². The first kappa shape index (κ1) is 17.5. The smallest absolute Gasteiger partial charge is 0.357 e. The Balaban J connectivity index is 2.55. The second-order valence-electron chi connectivity index (χ2n) is 4.54. The quantitative estimate of drug-likeness (QED) is 0.520. The third-order valence-electron chi connectivity index (χ3n) is 2.93. The SMILES string of the molecule is CCOc1cc(Br)cc(C=Cc2[nH]c(=O)[nH]c(=O)c2[N+](=O)[O-])c1O. The summed E-state index contributed by atoms with van der Waals surface area (Å²) in [5.74, 6) is 0.0477. The van der Waals surface area contributed by atoms with Gasteiger partial charge in [0.1, 0.15) is 5.69 Å². The molecule has 0 fully saturated rings. The molecule has 9 nitrogen and oxygen atoms in total. The minimum atomic E-state index is -1.11. The van der Waals surface area contributed by atoms with Gasteiger partial charge < -0.3 is 14.8 Å². The minimum Gasteiger partial charge on any atom is -0.504 e. The summed E-state index contributed by atoms with van der Waals surface area (Å²) in [5, 5.41) is 21.1. The fourth-order valence-corrected chi connectivity index (χ4v) is 2.41. The maximum Gasteiger partial charge on any atom is 0.357 e. The summed E-state index contributed by atoms with van der Waals surface area (Å²) < 4.78 is 5.88. The standard InChI is InChI=1S/C14H12BrN3O6/c1-2-24-10-6-8(15)5-7(12(10)19)3-4-9-11(18(22)23)13(20)17-14(21)16-9/h3-6,19H,2H2,1H3,(H2,16,17,20,21). The van der Waals surface area contributed by atoms with Crippen LogP contribution in [-0.2, 0) is 0 Å². The van der Waals surface area contributed by atoms with Crippen molar-refractivity contribution in [1.29, 1.82) is 0 Å². The fourth-order valence-electron chi connectivity index (χ4n) is 1.96. The van der Waals surface area contributed by atoms with Crippen LogP contribution in [0.1, 0.15) is 18.2 Å². The largest absolute Gasteiger partial charge is 0.504 e. The number of aromatic amines is 2. The van der Waals surface area contributed by atoms with Crippen LogP contribution in [-0.4, -0.2) is 26.6 Å². The molecule has 1 heterocycles. The molecule has 0 saturated carbocycles. The number of phenolic OH excluding ortho intramolecular Hbond substituents is 1. The Hall–Kier alpha value is -2.88. The van der Waals surface area contributed by atoms with Crippen LogP contribution in [0.15, 0.2) is 26.2 Å². The van der Waals surface area contributed by atoms with Crippen LogP contribution in [0.5, 0.6) is 11.5 Å². The summed E-state index contributed by atoms with van der Waals surface area (Å²) in [6.45, 7) is 2.08. The van der Waals surface area contributed by atoms with Crippen molar-refractivity contribution < 1.29 is 14.8 Å². The van der Waals surface area contributed by atoms with Crippen molar-refractivity contribution in [3.63, 3.8) is 0 Å². The molecule has 0 aliphatic carbocycles. The third-order valence-corrected chi connectivity index (χ3v) is 3.38. The second-order valence-corrected chi connectivity index (χ2v) is 5.45. The van der Waals surface area contributed by atoms with Crippen molar-refractivity contribution in [3.05, 3.63) is 58.8 Å². The average molecular weight is 398 g/mol. The van der Waals surface area contributed by atoms with Gasteiger partial charge in [0, 0.05) is 10.0 Å². The van der Waals surface area contributed by atoms with Crippen LogP contribution in [0.2, 0.25) is 0 Å². The molecule has 0 aliphatic heterocycles. The molecule has 0 amide bonds. The van der Waals surface area contributed by atoms with Crippen LogP contribution in [0.3, 0.4) is 0 Å². The summed E-state index contributed by atoms with van der Waals surface area (Å²) in [6, 6.07) is 3.11. The van der Waals surface area contributed by atoms with Gasteiger partial charge in [-0.1, -0.05) is 15.9 Å². The van der Waals surface area contributed by atoms with Gasteiger partial charge in [0.15, 0.2) is 11.5 Å². The summed E-state index contributed by atoms with van der Waals surface area (Å²) in [4.78, 5) is 36.9. The van der Waals surface area contributed by atoms with E-state index in [1.54, 1.807) is 24.0 Å². The van der Waals surface area contributed by atoms with Gasteiger partial charge in [0.05, 0.1) is 11.5 Å². The van der Waals surface area contributed by atoms with E-state index in [4.69, 9.17) is 4.74 Å². The fraction of sp³-hybridized carbons (Fsp3) is 0.143. The minimum absolute atomic E-state index is 0.175. The molecule has 24 heavy (non-hydrogen) atoms. The Bertz CT molecular complexity index is 931. The van der Waals surface area contributed by atoms with Gasteiger partial charge in [-0.05, 0) is 31.2 Å². The molecule has 0 aliphatic rings. The van der Waals surface area contributed by atoms with E-state index in [-0.39, 0.29) is 22.8 Å². The molecule has 10 heteroatoms. The highest BCUT2D eigenvalue weighted by Crippen LogP contribution is 2.35. The Morgan fingerprint density at radius 3 is 2.67 bits per heavy atom. The lowest BCUT2D eigenvalue weighted by Crippen LogP contribution is -2.25. The third kappa shape index (κ3) is 3.71. The van der Waals surface area contributed by atoms with E-state index in [0.717, 1.165) is 6.08 Å². The molecule has 0 saturated heterocycles. The van der Waals surface area contributed by atoms with E-state index < -0.39 is 21.9 Å². The highest BCUT2D eigenvalue weighted by molar-refractivity contribution is 9.10. The predicted octanol–water partition coefficient (Wildman–Crippen LogP) is 2.01. The van der Waals surface area contributed by atoms with Crippen molar-refractivity contribution in [2.45, 2.75) is 6.92 Å². The van der Waals surface area contributed by atoms with Gasteiger partial charge in [0.2, 0.25) is 0 Å². The van der Waals surface area contributed by atoms with Gasteiger partial charge in [-0.2, -0.15) is 0 Å². The molecule has 0 unspecified atom stereocenters. The Morgan fingerprint density at radius 2 is 2.04 bits per heavy atom. The number of H-pyrrole nitrogens is 2. The highest BCUT2D eigenvalue weighted by Gasteiger charge is 2.19. The zero-order valence-corrected chi connectivity index (χ0v) is 13.9. The van der Waals surface area contributed by atoms with E-state index in [0.29, 0.717) is 11.1 Å². The van der Waals surface area contributed by atoms with Crippen molar-refractivity contribution >= 4 is 33.8 Å². The first-order valence-electron chi connectivity index (χ1n) is 6.67. The molecule has 2 rings (SSSR count). The molecule has 0 atom stereocenters. The van der Waals surface area contributed by atoms with E-state index >= 15 is 0 Å². The lowest BCUT2D eigenvalue weighted by atomic mass is 10.1. The highest BCUT2D eigenvalue weighted by atomic mass is 79.9. The topological polar surface area (TPSA) is 138 Å². The molecule has 1 aromatic carbocycles. The van der Waals surface area contributed by atoms with Crippen LogP contribution in [0.25, 0.3) is 12.2 Å². The van der Waals surface area contributed by atoms with Crippen molar-refractivity contribution in [1.82, 2.24) is 9.97 Å². The maximum atomic E-state index is 11.5. The van der Waals surface area contributed by atoms with Gasteiger partial charge in [-0.3, -0.25) is 19.9 Å². The van der Waals surface area contributed by atoms with E-state index in [2.05, 4.69) is 20.9 Å². The number of ether oxygens (including phenoxy) is 1. The van der Waals surface area contributed by atoms with Crippen LogP contribution >= 0.6 is 15.9 Å². The van der Waals surface area contributed by atoms with Crippen LogP contribution in [0.4, 0.5) is 5.69 Å². The normalized spacial score (nSPS) is 10.9. The summed E-state index contributed by atoms with van der Waals surface area (Å²) >= 11 is 3.26. The maximum absolute atomic E-state index is 11.5. The van der Waals surface area contributed by atoms with Crippen molar-refractivity contribution in [2.75, 3.05) is 6.61 Å². The number of aromatic nitrogens is 2. The summed E-state index contributed by atoms with van der Waals surface area (Å²) in [5.41, 5.74) is -2.80. The molecule has 1 aromatic heterocycles. The first-order valence-corrected chi connectivity index (χ1v) is 7.47. The predicted molar refractivity (Wildman–Crippen MR) is 90.2 cm³/mol. The number of aromatic hydroxyl groups is 1. The number of hydrogen-bond donors (Lipinski definition) is 3. The van der Waals surface area contributed by atoms with E-state index in [1.807, 2.05) is 0 Å². The molecule has 0 radical (unpaired) electrons. The zero-order chi connectivity index (χ0) is 17.9. The number of halogens is 1. The second kappa shape index (κ2) is 7.13. The lowest BCUT2D eigenvalue weighted by Gasteiger charge is -2.09. The Kier molecular flexibility index (Phi) is 5.19. The molecule has 2 aromatic rings. The number of nitrogens with one attached hydrogen (secondary N) is 2. The van der Waals surface area contributed by atoms with Gasteiger partial charge >= 0.3 is 16.9 Å². The Labute approximate surface area is 142 Å². The monoisotopic (exact) mass is 397 g/mol. The van der Waals surface area contributed by atoms with Crippen LogP contribution in [0, 0.1) is 10.1 Å². The van der Waals surface area contributed by atoms with E-state index in [1.165, 1.54) is 6.08 Å². The molecular weight excluding hydrogens is 386 g/mol. The number of rotatable bonds is 5. The Morgan fingerprint density at radius 1 is 1.33 bits per heavy atom. The number of phenols is 1. The lowest BCUT2D eigenvalue weighted by molar-refractivity contribution is -0.386. The number of hydrogen-bond acceptors (Lipinski definition) is 6. The first-order chi connectivity index (χ1) is 11.3. The molecular formula is C14H12BrN3O6. The molecule has 126 valence electrons. The van der Waals surface area contributed by atoms with Crippen molar-refractivity contribution in [3.8, 4) is 11.5 Å². The molecule has 3 N–H and O–H groups in total. The van der Waals surface area contributed by atoms with Crippen LogP contribution < -0.4 is 16.0 Å². The number of nitrogens with zero attached hydrogens (tertiary/aromatic N) is 1. The van der Waals surface area contributed by atoms with Gasteiger partial charge in [0.25, 0.3) is 0 Å². The summed E-state index contributed by atoms with van der Waals surface area (Å²) in [6.07, 6.45) is 2.48. The average Bonchev–Trinajstić information content (AvgIpc) is 2.48. The molecule has 0 spiro atoms. The van der Waals surface area contributed by atoms with Gasteiger partial charge in [-0.15, -0.1) is 0 Å². The number of benzene rings is 1. The zero-order valence-electron chi connectivity index (χ0n) is 12.3. The van der Waals surface area contributed by atoms with E-state index in [9.17, 15) is 24.8 Å². The number of nitro groups is 1. The summed E-state index contributed by atoms with van der Waals surface area (Å²) in [7, 11) is 0. The molecule has 0 bridgehead atoms.